The molecule has 6 rings (SSSR count). The van der Waals surface area contributed by atoms with Gasteiger partial charge in [0.2, 0.25) is 0 Å². The average molecular weight is 344 g/mol. The molecule has 27 heavy (non-hydrogen) atoms. The van der Waals surface area contributed by atoms with E-state index >= 15 is 0 Å². The molecule has 1 nitrogen and oxygen atoms in total. The second kappa shape index (κ2) is 5.22. The zero-order valence-electron chi connectivity index (χ0n) is 14.8. The van der Waals surface area contributed by atoms with E-state index < -0.39 is 0 Å². The van der Waals surface area contributed by atoms with Gasteiger partial charge in [-0.05, 0) is 50.0 Å². The Morgan fingerprint density at radius 2 is 1.00 bits per heavy atom. The minimum atomic E-state index is -0.301. The van der Waals surface area contributed by atoms with Crippen LogP contribution in [0.5, 0.6) is 0 Å². The first kappa shape index (κ1) is 15.0. The molecular formula is C25H17BO. The Morgan fingerprint density at radius 1 is 0.519 bits per heavy atom. The highest BCUT2D eigenvalue weighted by Gasteiger charge is 2.51. The van der Waals surface area contributed by atoms with Gasteiger partial charge in [0.1, 0.15) is 0 Å². The lowest BCUT2D eigenvalue weighted by Crippen LogP contribution is -2.27. The summed E-state index contributed by atoms with van der Waals surface area (Å²) in [7, 11) is 0.0525. The molecule has 0 atom stereocenters. The fourth-order valence-corrected chi connectivity index (χ4v) is 5.35. The molecule has 0 heterocycles. The fourth-order valence-electron chi connectivity index (χ4n) is 5.35. The van der Waals surface area contributed by atoms with E-state index in [2.05, 4.69) is 84.9 Å². The molecule has 0 saturated carbocycles. The summed E-state index contributed by atoms with van der Waals surface area (Å²) in [5.41, 5.74) is 11.0. The van der Waals surface area contributed by atoms with Gasteiger partial charge in [-0.3, -0.25) is 0 Å². The van der Waals surface area contributed by atoms with Crippen molar-refractivity contribution < 1.29 is 5.02 Å². The summed E-state index contributed by atoms with van der Waals surface area (Å²) in [6.45, 7) is 0. The van der Waals surface area contributed by atoms with Crippen molar-refractivity contribution in [2.24, 2.45) is 0 Å². The van der Waals surface area contributed by atoms with E-state index in [1.54, 1.807) is 0 Å². The van der Waals surface area contributed by atoms with Gasteiger partial charge in [0.25, 0.3) is 0 Å². The first-order valence-electron chi connectivity index (χ1n) is 9.40. The van der Waals surface area contributed by atoms with Crippen molar-refractivity contribution in [1.29, 1.82) is 0 Å². The number of fused-ring (bicyclic) bond motifs is 10. The number of hydrogen-bond donors (Lipinski definition) is 1. The normalized spacial score (nSPS) is 14.4. The van der Waals surface area contributed by atoms with Crippen molar-refractivity contribution in [1.82, 2.24) is 0 Å². The Morgan fingerprint density at radius 3 is 1.59 bits per heavy atom. The van der Waals surface area contributed by atoms with Crippen LogP contribution in [0.3, 0.4) is 0 Å². The SMILES string of the molecule is OBc1cccc2c1-c1ccccc1C21c2ccccc2-c2ccccc21. The molecule has 4 aromatic rings. The molecule has 1 N–H and O–H groups in total. The predicted molar refractivity (Wildman–Crippen MR) is 112 cm³/mol. The Kier molecular flexibility index (Phi) is 2.90. The zero-order chi connectivity index (χ0) is 18.0. The lowest BCUT2D eigenvalue weighted by Gasteiger charge is -2.30. The lowest BCUT2D eigenvalue weighted by atomic mass is 9.70. The van der Waals surface area contributed by atoms with Crippen molar-refractivity contribution in [2.75, 3.05) is 0 Å². The molecule has 2 aliphatic carbocycles. The Bertz CT molecular complexity index is 1180. The molecule has 0 amide bonds. The van der Waals surface area contributed by atoms with Gasteiger partial charge in [0.05, 0.1) is 5.41 Å². The van der Waals surface area contributed by atoms with Crippen LogP contribution in [-0.2, 0) is 5.41 Å². The second-order valence-electron chi connectivity index (χ2n) is 7.38. The van der Waals surface area contributed by atoms with E-state index in [0.29, 0.717) is 0 Å². The molecule has 0 bridgehead atoms. The summed E-state index contributed by atoms with van der Waals surface area (Å²) < 4.78 is 0. The first-order valence-corrected chi connectivity index (χ1v) is 9.40. The van der Waals surface area contributed by atoms with E-state index in [1.165, 1.54) is 44.5 Å². The van der Waals surface area contributed by atoms with Crippen LogP contribution in [-0.4, -0.2) is 12.5 Å². The third kappa shape index (κ3) is 1.65. The zero-order valence-corrected chi connectivity index (χ0v) is 14.8. The van der Waals surface area contributed by atoms with Crippen molar-refractivity contribution >= 4 is 12.9 Å². The van der Waals surface area contributed by atoms with Gasteiger partial charge < -0.3 is 5.02 Å². The highest BCUT2D eigenvalue weighted by Crippen LogP contribution is 2.62. The highest BCUT2D eigenvalue weighted by atomic mass is 16.2. The highest BCUT2D eigenvalue weighted by molar-refractivity contribution is 6.48. The maximum Gasteiger partial charge on any atom is 0.305 e. The van der Waals surface area contributed by atoms with E-state index in [4.69, 9.17) is 0 Å². The van der Waals surface area contributed by atoms with Crippen molar-refractivity contribution in [3.63, 3.8) is 0 Å². The summed E-state index contributed by atoms with van der Waals surface area (Å²) >= 11 is 0. The smallest absolute Gasteiger partial charge is 0.305 e. The average Bonchev–Trinajstić information content (AvgIpc) is 3.21. The van der Waals surface area contributed by atoms with E-state index in [0.717, 1.165) is 5.46 Å². The molecule has 2 aliphatic rings. The second-order valence-corrected chi connectivity index (χ2v) is 7.38. The predicted octanol–water partition coefficient (Wildman–Crippen LogP) is 4.00. The molecule has 126 valence electrons. The summed E-state index contributed by atoms with van der Waals surface area (Å²) in [6.07, 6.45) is 0. The van der Waals surface area contributed by atoms with Crippen LogP contribution >= 0.6 is 0 Å². The maximum atomic E-state index is 10.0. The third-order valence-corrected chi connectivity index (χ3v) is 6.28. The summed E-state index contributed by atoms with van der Waals surface area (Å²) in [6, 6.07) is 32.6. The number of rotatable bonds is 1. The van der Waals surface area contributed by atoms with Crippen LogP contribution in [0.25, 0.3) is 22.3 Å². The maximum absolute atomic E-state index is 10.0. The molecule has 0 saturated heterocycles. The van der Waals surface area contributed by atoms with Crippen molar-refractivity contribution in [3.05, 3.63) is 113 Å². The molecule has 2 heteroatoms. The molecule has 0 fully saturated rings. The van der Waals surface area contributed by atoms with Crippen LogP contribution in [0.4, 0.5) is 0 Å². The fraction of sp³-hybridized carbons (Fsp3) is 0.0400. The third-order valence-electron chi connectivity index (χ3n) is 6.28. The Balaban J connectivity index is 1.87. The van der Waals surface area contributed by atoms with Crippen molar-refractivity contribution in [2.45, 2.75) is 5.41 Å². The van der Waals surface area contributed by atoms with Gasteiger partial charge in [-0.25, -0.2) is 0 Å². The van der Waals surface area contributed by atoms with Crippen LogP contribution in [0, 0.1) is 0 Å². The molecule has 0 radical (unpaired) electrons. The molecule has 0 aliphatic heterocycles. The standard InChI is InChI=1S/C25H17BO/c27-26-23-15-7-14-22-24(23)18-10-3-6-13-21(18)25(22)19-11-4-1-8-16(19)17-9-2-5-12-20(17)25/h1-15,26-27H. The van der Waals surface area contributed by atoms with Gasteiger partial charge >= 0.3 is 7.48 Å². The Hall–Kier alpha value is -3.10. The van der Waals surface area contributed by atoms with Gasteiger partial charge in [0, 0.05) is 0 Å². The molecule has 4 aromatic carbocycles. The number of hydrogen-bond acceptors (Lipinski definition) is 1. The Labute approximate surface area is 159 Å². The summed E-state index contributed by atoms with van der Waals surface area (Å²) in [5.74, 6) is 0. The van der Waals surface area contributed by atoms with Crippen LogP contribution in [0.2, 0.25) is 0 Å². The minimum absolute atomic E-state index is 0.0525. The summed E-state index contributed by atoms with van der Waals surface area (Å²) in [4.78, 5) is 0. The first-order chi connectivity index (χ1) is 13.4. The molecule has 0 unspecified atom stereocenters. The monoisotopic (exact) mass is 344 g/mol. The van der Waals surface area contributed by atoms with Crippen LogP contribution < -0.4 is 5.46 Å². The van der Waals surface area contributed by atoms with Gasteiger partial charge in [0.15, 0.2) is 0 Å². The van der Waals surface area contributed by atoms with Gasteiger partial charge in [-0.15, -0.1) is 0 Å². The van der Waals surface area contributed by atoms with E-state index in [-0.39, 0.29) is 12.9 Å². The molecular weight excluding hydrogens is 327 g/mol. The van der Waals surface area contributed by atoms with Crippen molar-refractivity contribution in [3.8, 4) is 22.3 Å². The van der Waals surface area contributed by atoms with E-state index in [9.17, 15) is 5.02 Å². The van der Waals surface area contributed by atoms with Crippen LogP contribution in [0.15, 0.2) is 91.0 Å². The van der Waals surface area contributed by atoms with Gasteiger partial charge in [-0.1, -0.05) is 91.0 Å². The lowest BCUT2D eigenvalue weighted by molar-refractivity contribution is 0.615. The number of benzene rings is 4. The van der Waals surface area contributed by atoms with Gasteiger partial charge in [-0.2, -0.15) is 0 Å². The quantitative estimate of drug-likeness (QED) is 0.447. The topological polar surface area (TPSA) is 20.2 Å². The minimum Gasteiger partial charge on any atom is -0.449 e. The molecule has 1 spiro atoms. The summed E-state index contributed by atoms with van der Waals surface area (Å²) in [5, 5.41) is 10.0. The van der Waals surface area contributed by atoms with Crippen LogP contribution in [0.1, 0.15) is 22.3 Å². The van der Waals surface area contributed by atoms with E-state index in [1.807, 2.05) is 6.07 Å². The largest absolute Gasteiger partial charge is 0.449 e. The molecule has 0 aromatic heterocycles.